The molecule has 4 unspecified atom stereocenters. The average Bonchev–Trinajstić information content (AvgIpc) is 2.57. The van der Waals surface area contributed by atoms with Gasteiger partial charge in [0.05, 0.1) is 0 Å². The minimum Gasteiger partial charge on any atom is -0.344 e. The van der Waals surface area contributed by atoms with E-state index in [1.165, 1.54) is 0 Å². The monoisotopic (exact) mass is 282 g/mol. The number of nitrogens with one attached hydrogen (secondary N) is 1. The molecule has 4 nitrogen and oxygen atoms in total. The van der Waals surface area contributed by atoms with E-state index >= 15 is 0 Å². The summed E-state index contributed by atoms with van der Waals surface area (Å²) in [6.45, 7) is 11.1. The maximum absolute atomic E-state index is 12.7. The number of hydrogen-bond acceptors (Lipinski definition) is 2. The Morgan fingerprint density at radius 2 is 1.85 bits per heavy atom. The van der Waals surface area contributed by atoms with Crippen LogP contribution < -0.4 is 5.32 Å². The van der Waals surface area contributed by atoms with Crippen LogP contribution in [0.1, 0.15) is 60.3 Å². The molecule has 4 atom stereocenters. The Labute approximate surface area is 123 Å². The molecule has 4 heteroatoms. The second-order valence-corrected chi connectivity index (χ2v) is 6.31. The van der Waals surface area contributed by atoms with Crippen LogP contribution >= 0.6 is 0 Å². The molecule has 0 aromatic carbocycles. The zero-order chi connectivity index (χ0) is 15.3. The molecular formula is C16H30N2O2. The van der Waals surface area contributed by atoms with Crippen molar-refractivity contribution >= 4 is 11.8 Å². The largest absolute Gasteiger partial charge is 0.344 e. The second kappa shape index (κ2) is 7.65. The molecule has 0 bridgehead atoms. The lowest BCUT2D eigenvalue weighted by molar-refractivity contribution is -0.137. The third kappa shape index (κ3) is 4.22. The van der Waals surface area contributed by atoms with E-state index in [1.807, 2.05) is 11.8 Å². The van der Waals surface area contributed by atoms with Gasteiger partial charge in [0.1, 0.15) is 6.04 Å². The summed E-state index contributed by atoms with van der Waals surface area (Å²) in [6.07, 6.45) is 3.44. The van der Waals surface area contributed by atoms with Crippen LogP contribution in [0, 0.1) is 11.8 Å². The molecule has 20 heavy (non-hydrogen) atoms. The highest BCUT2D eigenvalue weighted by atomic mass is 16.2. The van der Waals surface area contributed by atoms with E-state index < -0.39 is 0 Å². The number of nitrogens with zero attached hydrogens (tertiary/aromatic N) is 1. The number of carbonyl (C=O) groups is 2. The molecule has 0 aliphatic carbocycles. The first-order valence-electron chi connectivity index (χ1n) is 8.00. The van der Waals surface area contributed by atoms with Crippen LogP contribution in [0.25, 0.3) is 0 Å². The van der Waals surface area contributed by atoms with Crippen LogP contribution in [0.5, 0.6) is 0 Å². The van der Waals surface area contributed by atoms with Gasteiger partial charge in [-0.05, 0) is 25.2 Å². The molecule has 1 fully saturated rings. The van der Waals surface area contributed by atoms with E-state index in [0.29, 0.717) is 18.9 Å². The zero-order valence-corrected chi connectivity index (χ0v) is 13.6. The van der Waals surface area contributed by atoms with Crippen LogP contribution in [0.2, 0.25) is 0 Å². The first kappa shape index (κ1) is 17.0. The van der Waals surface area contributed by atoms with Crippen molar-refractivity contribution in [1.29, 1.82) is 0 Å². The predicted molar refractivity (Wildman–Crippen MR) is 81.2 cm³/mol. The van der Waals surface area contributed by atoms with Gasteiger partial charge in [0.15, 0.2) is 0 Å². The lowest BCUT2D eigenvalue weighted by Crippen LogP contribution is -2.50. The summed E-state index contributed by atoms with van der Waals surface area (Å²) in [4.78, 5) is 26.4. The second-order valence-electron chi connectivity index (χ2n) is 6.31. The normalized spacial score (nSPS) is 24.9. The Morgan fingerprint density at radius 1 is 1.20 bits per heavy atom. The SMILES string of the molecule is CCC(C)CC(C)N1CCC(=O)NC(C(C)CC)C1=O. The van der Waals surface area contributed by atoms with Crippen molar-refractivity contribution < 1.29 is 9.59 Å². The fourth-order valence-corrected chi connectivity index (χ4v) is 2.75. The fraction of sp³-hybridized carbons (Fsp3) is 0.875. The van der Waals surface area contributed by atoms with Gasteiger partial charge in [-0.3, -0.25) is 9.59 Å². The molecule has 0 spiro atoms. The topological polar surface area (TPSA) is 49.4 Å². The van der Waals surface area contributed by atoms with E-state index in [2.05, 4.69) is 33.0 Å². The Morgan fingerprint density at radius 3 is 2.40 bits per heavy atom. The van der Waals surface area contributed by atoms with Crippen LogP contribution in [0.15, 0.2) is 0 Å². The van der Waals surface area contributed by atoms with Gasteiger partial charge in [0, 0.05) is 19.0 Å². The maximum atomic E-state index is 12.7. The van der Waals surface area contributed by atoms with E-state index in [0.717, 1.165) is 19.3 Å². The Kier molecular flexibility index (Phi) is 6.50. The summed E-state index contributed by atoms with van der Waals surface area (Å²) in [5, 5.41) is 2.90. The molecule has 1 heterocycles. The van der Waals surface area contributed by atoms with Crippen LogP contribution in [-0.4, -0.2) is 35.3 Å². The van der Waals surface area contributed by atoms with Gasteiger partial charge in [-0.2, -0.15) is 0 Å². The summed E-state index contributed by atoms with van der Waals surface area (Å²) in [5.41, 5.74) is 0. The highest BCUT2D eigenvalue weighted by Gasteiger charge is 2.35. The highest BCUT2D eigenvalue weighted by Crippen LogP contribution is 2.20. The molecule has 0 saturated carbocycles. The Balaban J connectivity index is 2.83. The van der Waals surface area contributed by atoms with Gasteiger partial charge >= 0.3 is 0 Å². The Bertz CT molecular complexity index is 343. The fourth-order valence-electron chi connectivity index (χ4n) is 2.75. The van der Waals surface area contributed by atoms with Gasteiger partial charge in [0.25, 0.3) is 0 Å². The van der Waals surface area contributed by atoms with Crippen molar-refractivity contribution in [2.24, 2.45) is 11.8 Å². The summed E-state index contributed by atoms with van der Waals surface area (Å²) >= 11 is 0. The molecule has 2 amide bonds. The summed E-state index contributed by atoms with van der Waals surface area (Å²) in [5.74, 6) is 0.887. The molecule has 0 aromatic heterocycles. The lowest BCUT2D eigenvalue weighted by atomic mass is 9.95. The number of amides is 2. The standard InChI is InChI=1S/C16H30N2O2/c1-6-11(3)10-13(5)18-9-8-14(19)17-15(16(18)20)12(4)7-2/h11-13,15H,6-10H2,1-5H3,(H,17,19). The third-order valence-electron chi connectivity index (χ3n) is 4.63. The van der Waals surface area contributed by atoms with E-state index in [4.69, 9.17) is 0 Å². The predicted octanol–water partition coefficient (Wildman–Crippen LogP) is 2.57. The first-order valence-corrected chi connectivity index (χ1v) is 8.00. The summed E-state index contributed by atoms with van der Waals surface area (Å²) in [6, 6.07) is -0.147. The van der Waals surface area contributed by atoms with Crippen molar-refractivity contribution in [2.45, 2.75) is 72.4 Å². The zero-order valence-electron chi connectivity index (χ0n) is 13.6. The van der Waals surface area contributed by atoms with Crippen molar-refractivity contribution in [3.63, 3.8) is 0 Å². The molecule has 116 valence electrons. The van der Waals surface area contributed by atoms with Crippen molar-refractivity contribution in [1.82, 2.24) is 10.2 Å². The summed E-state index contributed by atoms with van der Waals surface area (Å²) < 4.78 is 0. The van der Waals surface area contributed by atoms with Crippen molar-refractivity contribution in [3.8, 4) is 0 Å². The first-order chi connectivity index (χ1) is 9.40. The van der Waals surface area contributed by atoms with Gasteiger partial charge in [-0.1, -0.05) is 40.5 Å². The van der Waals surface area contributed by atoms with Gasteiger partial charge in [-0.25, -0.2) is 0 Å². The van der Waals surface area contributed by atoms with Gasteiger partial charge < -0.3 is 10.2 Å². The molecule has 0 aromatic rings. The van der Waals surface area contributed by atoms with Crippen LogP contribution in [0.4, 0.5) is 0 Å². The minimum absolute atomic E-state index is 0.00175. The van der Waals surface area contributed by atoms with Gasteiger partial charge in [0.2, 0.25) is 11.8 Å². The lowest BCUT2D eigenvalue weighted by Gasteiger charge is -2.33. The van der Waals surface area contributed by atoms with Crippen molar-refractivity contribution in [3.05, 3.63) is 0 Å². The number of hydrogen-bond donors (Lipinski definition) is 1. The quantitative estimate of drug-likeness (QED) is 0.814. The smallest absolute Gasteiger partial charge is 0.245 e. The molecule has 1 aliphatic heterocycles. The molecule has 0 radical (unpaired) electrons. The van der Waals surface area contributed by atoms with E-state index in [9.17, 15) is 9.59 Å². The van der Waals surface area contributed by atoms with Gasteiger partial charge in [-0.15, -0.1) is 0 Å². The molecule has 1 N–H and O–H groups in total. The average molecular weight is 282 g/mol. The Hall–Kier alpha value is -1.06. The van der Waals surface area contributed by atoms with Crippen molar-refractivity contribution in [2.75, 3.05) is 6.54 Å². The highest BCUT2D eigenvalue weighted by molar-refractivity contribution is 5.90. The minimum atomic E-state index is -0.352. The molecule has 1 saturated heterocycles. The number of rotatable bonds is 6. The molecule has 1 aliphatic rings. The van der Waals surface area contributed by atoms with Crippen LogP contribution in [0.3, 0.4) is 0 Å². The van der Waals surface area contributed by atoms with E-state index in [1.54, 1.807) is 0 Å². The molecule has 1 rings (SSSR count). The van der Waals surface area contributed by atoms with Crippen LogP contribution in [-0.2, 0) is 9.59 Å². The molecular weight excluding hydrogens is 252 g/mol. The summed E-state index contributed by atoms with van der Waals surface area (Å²) in [7, 11) is 0. The van der Waals surface area contributed by atoms with E-state index in [-0.39, 0.29) is 29.8 Å². The third-order valence-corrected chi connectivity index (χ3v) is 4.63. The maximum Gasteiger partial charge on any atom is 0.245 e. The number of carbonyl (C=O) groups excluding carboxylic acids is 2.